The molecule has 100 valence electrons. The fraction of sp³-hybridized carbons (Fsp3) is 0.267. The molecule has 4 heteroatoms. The first-order valence-corrected chi connectivity index (χ1v) is 6.34. The van der Waals surface area contributed by atoms with Crippen molar-refractivity contribution in [3.8, 4) is 11.5 Å². The van der Waals surface area contributed by atoms with Crippen molar-refractivity contribution in [1.29, 1.82) is 0 Å². The van der Waals surface area contributed by atoms with Crippen molar-refractivity contribution < 1.29 is 9.47 Å². The molecular formula is C15H18N2O2. The van der Waals surface area contributed by atoms with Gasteiger partial charge in [-0.2, -0.15) is 0 Å². The first-order chi connectivity index (χ1) is 9.33. The van der Waals surface area contributed by atoms with Crippen molar-refractivity contribution in [1.82, 2.24) is 4.98 Å². The number of nitrogens with two attached hydrogens (primary N) is 1. The van der Waals surface area contributed by atoms with E-state index in [1.807, 2.05) is 49.4 Å². The molecule has 0 fully saturated rings. The highest BCUT2D eigenvalue weighted by Gasteiger charge is 2.12. The summed E-state index contributed by atoms with van der Waals surface area (Å²) in [6.45, 7) is 2.99. The molecule has 0 aliphatic heterocycles. The van der Waals surface area contributed by atoms with Gasteiger partial charge in [-0.1, -0.05) is 6.07 Å². The van der Waals surface area contributed by atoms with E-state index >= 15 is 0 Å². The van der Waals surface area contributed by atoms with Gasteiger partial charge in [0.1, 0.15) is 11.5 Å². The third kappa shape index (κ3) is 3.69. The first-order valence-electron chi connectivity index (χ1n) is 6.34. The molecule has 2 N–H and O–H groups in total. The maximum atomic E-state index is 5.84. The second-order valence-electron chi connectivity index (χ2n) is 4.00. The molecule has 1 aromatic carbocycles. The number of hydrogen-bond acceptors (Lipinski definition) is 4. The molecule has 0 saturated heterocycles. The van der Waals surface area contributed by atoms with Crippen LogP contribution in [-0.2, 0) is 0 Å². The largest absolute Gasteiger partial charge is 0.494 e. The predicted molar refractivity (Wildman–Crippen MR) is 74.3 cm³/mol. The SMILES string of the molecule is CCOc1ccc(OC(CN)c2ccccn2)cc1. The lowest BCUT2D eigenvalue weighted by molar-refractivity contribution is 0.209. The van der Waals surface area contributed by atoms with Gasteiger partial charge in [0.2, 0.25) is 0 Å². The van der Waals surface area contributed by atoms with Crippen LogP contribution >= 0.6 is 0 Å². The molecule has 0 saturated carbocycles. The smallest absolute Gasteiger partial charge is 0.153 e. The van der Waals surface area contributed by atoms with Crippen LogP contribution in [0.25, 0.3) is 0 Å². The molecule has 1 unspecified atom stereocenters. The molecule has 0 aliphatic carbocycles. The van der Waals surface area contributed by atoms with E-state index in [1.165, 1.54) is 0 Å². The Balaban J connectivity index is 2.06. The van der Waals surface area contributed by atoms with Gasteiger partial charge in [-0.15, -0.1) is 0 Å². The van der Waals surface area contributed by atoms with Gasteiger partial charge in [-0.3, -0.25) is 4.98 Å². The van der Waals surface area contributed by atoms with E-state index < -0.39 is 0 Å². The Morgan fingerprint density at radius 2 is 1.84 bits per heavy atom. The van der Waals surface area contributed by atoms with Crippen LogP contribution < -0.4 is 15.2 Å². The van der Waals surface area contributed by atoms with Crippen LogP contribution in [0.2, 0.25) is 0 Å². The average Bonchev–Trinajstić information content (AvgIpc) is 2.48. The van der Waals surface area contributed by atoms with Gasteiger partial charge in [-0.05, 0) is 43.3 Å². The van der Waals surface area contributed by atoms with Crippen LogP contribution in [-0.4, -0.2) is 18.1 Å². The second kappa shape index (κ2) is 6.75. The van der Waals surface area contributed by atoms with Gasteiger partial charge in [0.15, 0.2) is 6.10 Å². The van der Waals surface area contributed by atoms with E-state index in [1.54, 1.807) is 6.20 Å². The highest BCUT2D eigenvalue weighted by molar-refractivity contribution is 5.31. The van der Waals surface area contributed by atoms with Gasteiger partial charge in [-0.25, -0.2) is 0 Å². The van der Waals surface area contributed by atoms with Gasteiger partial charge >= 0.3 is 0 Å². The lowest BCUT2D eigenvalue weighted by Gasteiger charge is -2.17. The van der Waals surface area contributed by atoms with Crippen LogP contribution in [0, 0.1) is 0 Å². The van der Waals surface area contributed by atoms with Crippen molar-refractivity contribution in [3.63, 3.8) is 0 Å². The number of aromatic nitrogens is 1. The van der Waals surface area contributed by atoms with Crippen molar-refractivity contribution >= 4 is 0 Å². The summed E-state index contributed by atoms with van der Waals surface area (Å²) in [5.41, 5.74) is 6.57. The lowest BCUT2D eigenvalue weighted by atomic mass is 10.2. The number of ether oxygens (including phenoxy) is 2. The summed E-state index contributed by atoms with van der Waals surface area (Å²) in [5, 5.41) is 0. The van der Waals surface area contributed by atoms with E-state index in [2.05, 4.69) is 4.98 Å². The molecule has 4 nitrogen and oxygen atoms in total. The van der Waals surface area contributed by atoms with Crippen LogP contribution in [0.1, 0.15) is 18.7 Å². The molecule has 2 rings (SSSR count). The number of pyridine rings is 1. The van der Waals surface area contributed by atoms with Crippen LogP contribution in [0.15, 0.2) is 48.7 Å². The maximum absolute atomic E-state index is 5.84. The van der Waals surface area contributed by atoms with E-state index in [9.17, 15) is 0 Å². The van der Waals surface area contributed by atoms with Gasteiger partial charge in [0.05, 0.1) is 12.3 Å². The first kappa shape index (κ1) is 13.4. The normalized spacial score (nSPS) is 11.9. The van der Waals surface area contributed by atoms with Crippen LogP contribution in [0.4, 0.5) is 0 Å². The average molecular weight is 258 g/mol. The van der Waals surface area contributed by atoms with E-state index in [0.29, 0.717) is 13.2 Å². The Bertz CT molecular complexity index is 485. The standard InChI is InChI=1S/C15H18N2O2/c1-2-18-12-6-8-13(9-7-12)19-15(11-16)14-5-3-4-10-17-14/h3-10,15H,2,11,16H2,1H3. The number of benzene rings is 1. The summed E-state index contributed by atoms with van der Waals surface area (Å²) in [5.74, 6) is 1.58. The molecule has 0 bridgehead atoms. The Labute approximate surface area is 113 Å². The van der Waals surface area contributed by atoms with Crippen LogP contribution in [0.5, 0.6) is 11.5 Å². The highest BCUT2D eigenvalue weighted by atomic mass is 16.5. The molecule has 0 aliphatic rings. The zero-order valence-corrected chi connectivity index (χ0v) is 11.0. The Morgan fingerprint density at radius 3 is 2.42 bits per heavy atom. The minimum atomic E-state index is -0.237. The summed E-state index contributed by atoms with van der Waals surface area (Å²) >= 11 is 0. The molecule has 1 heterocycles. The van der Waals surface area contributed by atoms with Crippen LogP contribution in [0.3, 0.4) is 0 Å². The molecule has 1 atom stereocenters. The quantitative estimate of drug-likeness (QED) is 0.865. The molecular weight excluding hydrogens is 240 g/mol. The fourth-order valence-electron chi connectivity index (χ4n) is 1.74. The number of nitrogens with zero attached hydrogens (tertiary/aromatic N) is 1. The predicted octanol–water partition coefficient (Wildman–Crippen LogP) is 2.56. The Morgan fingerprint density at radius 1 is 1.11 bits per heavy atom. The molecule has 1 aromatic heterocycles. The van der Waals surface area contributed by atoms with Crippen molar-refractivity contribution in [2.24, 2.45) is 5.73 Å². The zero-order valence-electron chi connectivity index (χ0n) is 11.0. The molecule has 0 radical (unpaired) electrons. The van der Waals surface area contributed by atoms with E-state index in [4.69, 9.17) is 15.2 Å². The van der Waals surface area contributed by atoms with Crippen molar-refractivity contribution in [2.45, 2.75) is 13.0 Å². The minimum absolute atomic E-state index is 0.237. The Kier molecular flexibility index (Phi) is 4.75. The highest BCUT2D eigenvalue weighted by Crippen LogP contribution is 2.22. The molecule has 0 amide bonds. The molecule has 19 heavy (non-hydrogen) atoms. The number of hydrogen-bond donors (Lipinski definition) is 1. The van der Waals surface area contributed by atoms with Gasteiger partial charge in [0, 0.05) is 12.7 Å². The number of rotatable bonds is 6. The summed E-state index contributed by atoms with van der Waals surface area (Å²) in [6.07, 6.45) is 1.50. The van der Waals surface area contributed by atoms with Crippen molar-refractivity contribution in [2.75, 3.05) is 13.2 Å². The van der Waals surface area contributed by atoms with Crippen molar-refractivity contribution in [3.05, 3.63) is 54.4 Å². The summed E-state index contributed by atoms with van der Waals surface area (Å²) < 4.78 is 11.2. The lowest BCUT2D eigenvalue weighted by Crippen LogP contribution is -2.19. The summed E-state index contributed by atoms with van der Waals surface area (Å²) in [7, 11) is 0. The minimum Gasteiger partial charge on any atom is -0.494 e. The van der Waals surface area contributed by atoms with E-state index in [-0.39, 0.29) is 6.10 Å². The summed E-state index contributed by atoms with van der Waals surface area (Å²) in [4.78, 5) is 4.26. The third-order valence-electron chi connectivity index (χ3n) is 2.64. The third-order valence-corrected chi connectivity index (χ3v) is 2.64. The fourth-order valence-corrected chi connectivity index (χ4v) is 1.74. The summed E-state index contributed by atoms with van der Waals surface area (Å²) in [6, 6.07) is 13.2. The van der Waals surface area contributed by atoms with Gasteiger partial charge in [0.25, 0.3) is 0 Å². The molecule has 2 aromatic rings. The topological polar surface area (TPSA) is 57.4 Å². The monoisotopic (exact) mass is 258 g/mol. The van der Waals surface area contributed by atoms with Gasteiger partial charge < -0.3 is 15.2 Å². The van der Waals surface area contributed by atoms with E-state index in [0.717, 1.165) is 17.2 Å². The second-order valence-corrected chi connectivity index (χ2v) is 4.00. The Hall–Kier alpha value is -2.07. The maximum Gasteiger partial charge on any atom is 0.153 e. The molecule has 0 spiro atoms. The zero-order chi connectivity index (χ0) is 13.5.